The van der Waals surface area contributed by atoms with Gasteiger partial charge in [0, 0.05) is 19.6 Å². The molecule has 0 radical (unpaired) electrons. The van der Waals surface area contributed by atoms with Gasteiger partial charge in [-0.3, -0.25) is 9.69 Å². The van der Waals surface area contributed by atoms with Crippen LogP contribution in [-0.2, 0) is 4.79 Å². The number of nitrogens with one attached hydrogen (secondary N) is 1. The minimum absolute atomic E-state index is 0.0344. The highest BCUT2D eigenvalue weighted by Gasteiger charge is 2.20. The maximum atomic E-state index is 11.5. The van der Waals surface area contributed by atoms with Gasteiger partial charge in [0.1, 0.15) is 0 Å². The van der Waals surface area contributed by atoms with E-state index in [4.69, 9.17) is 5.73 Å². The summed E-state index contributed by atoms with van der Waals surface area (Å²) in [4.78, 5) is 13.6. The third kappa shape index (κ3) is 4.11. The van der Waals surface area contributed by atoms with E-state index in [1.54, 1.807) is 18.4 Å². The number of nitrogens with zero attached hydrogens (tertiary/aromatic N) is 1. The Balaban J connectivity index is 2.75. The Morgan fingerprint density at radius 3 is 2.88 bits per heavy atom. The molecule has 1 unspecified atom stereocenters. The van der Waals surface area contributed by atoms with Crippen LogP contribution in [0.4, 0.5) is 0 Å². The van der Waals surface area contributed by atoms with Crippen molar-refractivity contribution in [2.75, 3.05) is 26.7 Å². The van der Waals surface area contributed by atoms with Crippen LogP contribution in [-0.4, -0.2) is 37.5 Å². The quantitative estimate of drug-likeness (QED) is 0.770. The van der Waals surface area contributed by atoms with Crippen molar-refractivity contribution in [2.45, 2.75) is 19.4 Å². The fourth-order valence-electron chi connectivity index (χ4n) is 1.86. The zero-order valence-electron chi connectivity index (χ0n) is 10.5. The van der Waals surface area contributed by atoms with Crippen LogP contribution in [0.15, 0.2) is 16.8 Å². The number of carbonyl (C=O) groups excluding carboxylic acids is 1. The first-order chi connectivity index (χ1) is 8.22. The Kier molecular flexibility index (Phi) is 6.18. The van der Waals surface area contributed by atoms with Gasteiger partial charge in [0.15, 0.2) is 0 Å². The Morgan fingerprint density at radius 2 is 2.41 bits per heavy atom. The topological polar surface area (TPSA) is 58.4 Å². The molecule has 0 saturated carbocycles. The lowest BCUT2D eigenvalue weighted by molar-refractivity contribution is -0.122. The standard InChI is InChI=1S/C12H21N3OS/c1-3-5-15(8-12(16)14-2)11(7-13)10-4-6-17-9-10/h4,6,9,11H,3,5,7-8,13H2,1-2H3,(H,14,16). The lowest BCUT2D eigenvalue weighted by atomic mass is 10.1. The van der Waals surface area contributed by atoms with E-state index in [9.17, 15) is 4.79 Å². The van der Waals surface area contributed by atoms with Gasteiger partial charge in [0.25, 0.3) is 0 Å². The molecule has 1 heterocycles. The van der Waals surface area contributed by atoms with Gasteiger partial charge < -0.3 is 11.1 Å². The fourth-order valence-corrected chi connectivity index (χ4v) is 2.56. The number of rotatable bonds is 7. The van der Waals surface area contributed by atoms with Crippen molar-refractivity contribution >= 4 is 17.2 Å². The highest BCUT2D eigenvalue weighted by atomic mass is 32.1. The molecule has 17 heavy (non-hydrogen) atoms. The first kappa shape index (κ1) is 14.2. The molecular weight excluding hydrogens is 234 g/mol. The third-order valence-electron chi connectivity index (χ3n) is 2.73. The van der Waals surface area contributed by atoms with Crippen molar-refractivity contribution in [1.29, 1.82) is 0 Å². The molecule has 3 N–H and O–H groups in total. The monoisotopic (exact) mass is 255 g/mol. The number of nitrogens with two attached hydrogens (primary N) is 1. The van der Waals surface area contributed by atoms with E-state index in [2.05, 4.69) is 28.6 Å². The second-order valence-corrected chi connectivity index (χ2v) is 4.73. The lowest BCUT2D eigenvalue weighted by Crippen LogP contribution is -2.41. The van der Waals surface area contributed by atoms with Gasteiger partial charge in [-0.25, -0.2) is 0 Å². The maximum absolute atomic E-state index is 11.5. The summed E-state index contributed by atoms with van der Waals surface area (Å²) >= 11 is 1.66. The van der Waals surface area contributed by atoms with Crippen LogP contribution >= 0.6 is 11.3 Å². The van der Waals surface area contributed by atoms with Crippen LogP contribution in [0.2, 0.25) is 0 Å². The fraction of sp³-hybridized carbons (Fsp3) is 0.583. The van der Waals surface area contributed by atoms with Crippen molar-refractivity contribution in [3.63, 3.8) is 0 Å². The number of hydrogen-bond acceptors (Lipinski definition) is 4. The second-order valence-electron chi connectivity index (χ2n) is 3.95. The van der Waals surface area contributed by atoms with Crippen molar-refractivity contribution < 1.29 is 4.79 Å². The average molecular weight is 255 g/mol. The third-order valence-corrected chi connectivity index (χ3v) is 3.43. The smallest absolute Gasteiger partial charge is 0.233 e. The van der Waals surface area contributed by atoms with Gasteiger partial charge >= 0.3 is 0 Å². The van der Waals surface area contributed by atoms with Gasteiger partial charge in [-0.2, -0.15) is 11.3 Å². The molecule has 1 rings (SSSR count). The van der Waals surface area contributed by atoms with E-state index >= 15 is 0 Å². The van der Waals surface area contributed by atoms with E-state index in [0.717, 1.165) is 13.0 Å². The molecule has 0 aliphatic heterocycles. The predicted octanol–water partition coefficient (Wildman–Crippen LogP) is 1.21. The van der Waals surface area contributed by atoms with Crippen LogP contribution in [0, 0.1) is 0 Å². The van der Waals surface area contributed by atoms with Crippen molar-refractivity contribution in [2.24, 2.45) is 5.73 Å². The molecular formula is C12H21N3OS. The van der Waals surface area contributed by atoms with Gasteiger partial charge in [-0.05, 0) is 35.4 Å². The normalized spacial score (nSPS) is 12.7. The average Bonchev–Trinajstić information content (AvgIpc) is 2.83. The summed E-state index contributed by atoms with van der Waals surface area (Å²) < 4.78 is 0. The minimum atomic E-state index is 0.0344. The molecule has 4 nitrogen and oxygen atoms in total. The Hall–Kier alpha value is -0.910. The number of carbonyl (C=O) groups is 1. The molecule has 0 aliphatic rings. The molecule has 0 fully saturated rings. The molecule has 0 saturated heterocycles. The Bertz CT molecular complexity index is 327. The number of thiophene rings is 1. The van der Waals surface area contributed by atoms with Crippen LogP contribution in [0.1, 0.15) is 24.9 Å². The summed E-state index contributed by atoms with van der Waals surface area (Å²) in [6.45, 7) is 3.93. The number of amides is 1. The summed E-state index contributed by atoms with van der Waals surface area (Å²) in [5.41, 5.74) is 7.05. The van der Waals surface area contributed by atoms with Crippen molar-refractivity contribution in [3.05, 3.63) is 22.4 Å². The summed E-state index contributed by atoms with van der Waals surface area (Å²) in [6.07, 6.45) is 1.01. The first-order valence-electron chi connectivity index (χ1n) is 5.89. The minimum Gasteiger partial charge on any atom is -0.358 e. The van der Waals surface area contributed by atoms with Crippen LogP contribution in [0.5, 0.6) is 0 Å². The molecule has 0 aliphatic carbocycles. The van der Waals surface area contributed by atoms with Gasteiger partial charge in [0.2, 0.25) is 5.91 Å². The van der Waals surface area contributed by atoms with Crippen LogP contribution in [0.3, 0.4) is 0 Å². The van der Waals surface area contributed by atoms with Gasteiger partial charge in [-0.1, -0.05) is 6.92 Å². The summed E-state index contributed by atoms with van der Waals surface area (Å²) in [7, 11) is 1.66. The molecule has 5 heteroatoms. The maximum Gasteiger partial charge on any atom is 0.233 e. The summed E-state index contributed by atoms with van der Waals surface area (Å²) in [5.74, 6) is 0.0344. The Labute approximate surface area is 107 Å². The Morgan fingerprint density at radius 1 is 1.65 bits per heavy atom. The number of likely N-dealkylation sites (N-methyl/N-ethyl adjacent to an activating group) is 1. The molecule has 0 spiro atoms. The lowest BCUT2D eigenvalue weighted by Gasteiger charge is -2.29. The zero-order chi connectivity index (χ0) is 12.7. The van der Waals surface area contributed by atoms with Crippen LogP contribution in [0.25, 0.3) is 0 Å². The summed E-state index contributed by atoms with van der Waals surface area (Å²) in [6, 6.07) is 2.22. The zero-order valence-corrected chi connectivity index (χ0v) is 11.3. The summed E-state index contributed by atoms with van der Waals surface area (Å²) in [5, 5.41) is 6.80. The molecule has 0 aromatic carbocycles. The molecule has 1 aromatic heterocycles. The number of hydrogen-bond donors (Lipinski definition) is 2. The van der Waals surface area contributed by atoms with Crippen molar-refractivity contribution in [1.82, 2.24) is 10.2 Å². The van der Waals surface area contributed by atoms with Crippen LogP contribution < -0.4 is 11.1 Å². The van der Waals surface area contributed by atoms with Gasteiger partial charge in [-0.15, -0.1) is 0 Å². The highest BCUT2D eigenvalue weighted by Crippen LogP contribution is 2.22. The van der Waals surface area contributed by atoms with Gasteiger partial charge in [0.05, 0.1) is 6.54 Å². The van der Waals surface area contributed by atoms with E-state index in [0.29, 0.717) is 13.1 Å². The van der Waals surface area contributed by atoms with E-state index in [1.165, 1.54) is 5.56 Å². The van der Waals surface area contributed by atoms with E-state index < -0.39 is 0 Å². The molecule has 1 amide bonds. The molecule has 0 bridgehead atoms. The molecule has 96 valence electrons. The van der Waals surface area contributed by atoms with E-state index in [-0.39, 0.29) is 11.9 Å². The predicted molar refractivity (Wildman–Crippen MR) is 72.0 cm³/mol. The van der Waals surface area contributed by atoms with E-state index in [1.807, 2.05) is 5.38 Å². The SMILES string of the molecule is CCCN(CC(=O)NC)C(CN)c1ccsc1. The van der Waals surface area contributed by atoms with Crippen molar-refractivity contribution in [3.8, 4) is 0 Å². The highest BCUT2D eigenvalue weighted by molar-refractivity contribution is 7.07. The molecule has 1 aromatic rings. The second kappa shape index (κ2) is 7.42. The first-order valence-corrected chi connectivity index (χ1v) is 6.84. The largest absolute Gasteiger partial charge is 0.358 e. The molecule has 1 atom stereocenters.